The van der Waals surface area contributed by atoms with Gasteiger partial charge in [0.1, 0.15) is 0 Å². The van der Waals surface area contributed by atoms with E-state index in [2.05, 4.69) is 55.0 Å². The molecule has 2 aromatic rings. The highest BCUT2D eigenvalue weighted by atomic mass is 79.9. The average molecular weight is 330 g/mol. The summed E-state index contributed by atoms with van der Waals surface area (Å²) in [6, 6.07) is 2.39. The van der Waals surface area contributed by atoms with Gasteiger partial charge in [-0.15, -0.1) is 21.5 Å². The summed E-state index contributed by atoms with van der Waals surface area (Å²) < 4.78 is 1.15. The maximum Gasteiger partial charge on any atom is 0.176 e. The Hall–Kier alpha value is -0.790. The lowest BCUT2D eigenvalue weighted by Crippen LogP contribution is -2.24. The first-order valence-electron chi connectivity index (χ1n) is 5.89. The molecule has 1 unspecified atom stereocenters. The van der Waals surface area contributed by atoms with Crippen LogP contribution in [0.4, 0.5) is 0 Å². The lowest BCUT2D eigenvalue weighted by molar-refractivity contribution is 0.518. The van der Waals surface area contributed by atoms with Crippen LogP contribution in [0.25, 0.3) is 0 Å². The van der Waals surface area contributed by atoms with E-state index in [1.165, 1.54) is 10.4 Å². The molecule has 0 aliphatic heterocycles. The third-order valence-corrected chi connectivity index (χ3v) is 4.09. The monoisotopic (exact) mass is 329 g/mol. The number of thiophene rings is 1. The topological polar surface area (TPSA) is 55.6 Å². The molecule has 0 bridgehead atoms. The maximum absolute atomic E-state index is 4.24. The molecule has 2 heterocycles. The normalized spacial score (nSPS) is 12.8. The van der Waals surface area contributed by atoms with E-state index in [4.69, 9.17) is 0 Å². The number of aromatic nitrogens is 4. The first kappa shape index (κ1) is 13.6. The zero-order valence-corrected chi connectivity index (χ0v) is 12.8. The average Bonchev–Trinajstić information content (AvgIpc) is 2.93. The van der Waals surface area contributed by atoms with Crippen LogP contribution in [-0.2, 0) is 13.5 Å². The Morgan fingerprint density at radius 2 is 2.39 bits per heavy atom. The molecule has 0 aliphatic carbocycles. The second-order valence-electron chi connectivity index (χ2n) is 4.09. The quantitative estimate of drug-likeness (QED) is 0.883. The van der Waals surface area contributed by atoms with E-state index in [9.17, 15) is 0 Å². The number of hydrogen-bond acceptors (Lipinski definition) is 5. The molecule has 2 rings (SSSR count). The van der Waals surface area contributed by atoms with E-state index in [0.29, 0.717) is 0 Å². The molecule has 2 aromatic heterocycles. The predicted octanol–water partition coefficient (Wildman–Crippen LogP) is 2.32. The summed E-state index contributed by atoms with van der Waals surface area (Å²) in [5.41, 5.74) is 1.27. The van der Waals surface area contributed by atoms with E-state index < -0.39 is 0 Å². The first-order chi connectivity index (χ1) is 8.69. The summed E-state index contributed by atoms with van der Waals surface area (Å²) in [7, 11) is 1.78. The van der Waals surface area contributed by atoms with Gasteiger partial charge in [0.15, 0.2) is 5.82 Å². The van der Waals surface area contributed by atoms with Crippen LogP contribution in [0.3, 0.4) is 0 Å². The van der Waals surface area contributed by atoms with Crippen LogP contribution in [0, 0.1) is 0 Å². The molecule has 1 atom stereocenters. The lowest BCUT2D eigenvalue weighted by Gasteiger charge is -2.15. The molecular weight excluding hydrogens is 314 g/mol. The molecule has 1 N–H and O–H groups in total. The number of rotatable bonds is 6. The summed E-state index contributed by atoms with van der Waals surface area (Å²) in [6.45, 7) is 3.15. The van der Waals surface area contributed by atoms with Gasteiger partial charge in [-0.1, -0.05) is 6.92 Å². The van der Waals surface area contributed by atoms with Gasteiger partial charge >= 0.3 is 0 Å². The second kappa shape index (κ2) is 6.40. The fourth-order valence-electron chi connectivity index (χ4n) is 1.72. The third kappa shape index (κ3) is 3.60. The van der Waals surface area contributed by atoms with Crippen molar-refractivity contribution in [1.29, 1.82) is 0 Å². The molecule has 0 amide bonds. The van der Waals surface area contributed by atoms with Gasteiger partial charge in [0.25, 0.3) is 0 Å². The van der Waals surface area contributed by atoms with Crippen molar-refractivity contribution in [2.45, 2.75) is 25.8 Å². The minimum absolute atomic E-state index is 0.247. The predicted molar refractivity (Wildman–Crippen MR) is 75.6 cm³/mol. The third-order valence-electron chi connectivity index (χ3n) is 2.57. The zero-order valence-electron chi connectivity index (χ0n) is 10.4. The Kier molecular flexibility index (Phi) is 4.85. The molecular formula is C11H16BrN5S. The largest absolute Gasteiger partial charge is 0.310 e. The number of nitrogens with one attached hydrogen (secondary N) is 1. The Morgan fingerprint density at radius 1 is 1.56 bits per heavy atom. The minimum atomic E-state index is 0.247. The molecule has 0 radical (unpaired) electrons. The van der Waals surface area contributed by atoms with Gasteiger partial charge in [0.2, 0.25) is 0 Å². The maximum atomic E-state index is 4.24. The van der Waals surface area contributed by atoms with Crippen molar-refractivity contribution >= 4 is 27.3 Å². The molecule has 5 nitrogen and oxygen atoms in total. The van der Waals surface area contributed by atoms with Crippen LogP contribution in [0.2, 0.25) is 0 Å². The van der Waals surface area contributed by atoms with E-state index in [1.807, 2.05) is 0 Å². The van der Waals surface area contributed by atoms with Crippen LogP contribution in [0.15, 0.2) is 15.2 Å². The second-order valence-corrected chi connectivity index (χ2v) is 6.38. The summed E-state index contributed by atoms with van der Waals surface area (Å²) >= 11 is 5.20. The van der Waals surface area contributed by atoms with Crippen molar-refractivity contribution in [2.24, 2.45) is 7.05 Å². The van der Waals surface area contributed by atoms with Gasteiger partial charge in [0.05, 0.1) is 10.8 Å². The smallest absolute Gasteiger partial charge is 0.176 e. The van der Waals surface area contributed by atoms with E-state index >= 15 is 0 Å². The zero-order chi connectivity index (χ0) is 13.0. The Bertz CT molecular complexity index is 495. The van der Waals surface area contributed by atoms with Crippen molar-refractivity contribution in [2.75, 3.05) is 6.54 Å². The van der Waals surface area contributed by atoms with Gasteiger partial charge < -0.3 is 5.32 Å². The lowest BCUT2D eigenvalue weighted by atomic mass is 10.1. The van der Waals surface area contributed by atoms with Crippen molar-refractivity contribution in [3.63, 3.8) is 0 Å². The van der Waals surface area contributed by atoms with E-state index in [0.717, 1.165) is 29.0 Å². The number of tetrazole rings is 1. The molecule has 98 valence electrons. The van der Waals surface area contributed by atoms with Crippen LogP contribution >= 0.6 is 27.3 Å². The number of halogens is 1. The van der Waals surface area contributed by atoms with E-state index in [1.54, 1.807) is 18.4 Å². The molecule has 18 heavy (non-hydrogen) atoms. The molecule has 7 heteroatoms. The van der Waals surface area contributed by atoms with Crippen molar-refractivity contribution in [1.82, 2.24) is 25.5 Å². The van der Waals surface area contributed by atoms with Crippen LogP contribution < -0.4 is 5.32 Å². The number of hydrogen-bond donors (Lipinski definition) is 1. The van der Waals surface area contributed by atoms with Crippen LogP contribution in [-0.4, -0.2) is 26.8 Å². The molecule has 0 saturated heterocycles. The van der Waals surface area contributed by atoms with Gasteiger partial charge in [-0.05, 0) is 51.1 Å². The van der Waals surface area contributed by atoms with Gasteiger partial charge in [-0.2, -0.15) is 4.80 Å². The standard InChI is InChI=1S/C11H16BrN5S/c1-3-4-13-9(8-5-10(12)18-7-8)6-11-14-16-17(2)15-11/h5,7,9,13H,3-4,6H2,1-2H3. The Morgan fingerprint density at radius 3 is 2.94 bits per heavy atom. The van der Waals surface area contributed by atoms with Crippen LogP contribution in [0.1, 0.15) is 30.8 Å². The van der Waals surface area contributed by atoms with E-state index in [-0.39, 0.29) is 6.04 Å². The van der Waals surface area contributed by atoms with Crippen molar-refractivity contribution in [3.8, 4) is 0 Å². The minimum Gasteiger partial charge on any atom is -0.310 e. The highest BCUT2D eigenvalue weighted by Gasteiger charge is 2.15. The first-order valence-corrected chi connectivity index (χ1v) is 7.56. The highest BCUT2D eigenvalue weighted by Crippen LogP contribution is 2.26. The fourth-order valence-corrected chi connectivity index (χ4v) is 2.95. The summed E-state index contributed by atoms with van der Waals surface area (Å²) in [6.07, 6.45) is 1.87. The van der Waals surface area contributed by atoms with Gasteiger partial charge in [-0.3, -0.25) is 0 Å². The fraction of sp³-hybridized carbons (Fsp3) is 0.545. The molecule has 0 saturated carbocycles. The SMILES string of the molecule is CCCNC(Cc1nnn(C)n1)c1csc(Br)c1. The van der Waals surface area contributed by atoms with Crippen molar-refractivity contribution in [3.05, 3.63) is 26.6 Å². The van der Waals surface area contributed by atoms with Gasteiger partial charge in [0, 0.05) is 12.5 Å². The summed E-state index contributed by atoms with van der Waals surface area (Å²) in [5, 5.41) is 17.8. The molecule has 0 aliphatic rings. The van der Waals surface area contributed by atoms with Crippen LogP contribution in [0.5, 0.6) is 0 Å². The number of aryl methyl sites for hydroxylation is 1. The summed E-state index contributed by atoms with van der Waals surface area (Å²) in [4.78, 5) is 1.50. The summed E-state index contributed by atoms with van der Waals surface area (Å²) in [5.74, 6) is 0.772. The Labute approximate surface area is 119 Å². The van der Waals surface area contributed by atoms with Crippen molar-refractivity contribution < 1.29 is 0 Å². The molecule has 0 fully saturated rings. The number of nitrogens with zero attached hydrogens (tertiary/aromatic N) is 4. The highest BCUT2D eigenvalue weighted by molar-refractivity contribution is 9.11. The molecule has 0 spiro atoms. The van der Waals surface area contributed by atoms with Gasteiger partial charge in [-0.25, -0.2) is 0 Å². The molecule has 0 aromatic carbocycles. The Balaban J connectivity index is 2.09.